The molecule has 0 atom stereocenters. The standard InChI is InChI=1S/C22H28N4O4/c1-15-2-3-16(14-19(15)26-13-8-20(27)24-22(26)29)21(28)25-11-6-18(7-12-25)30-17-4-9-23-10-5-17/h2-3,8,13-14,17-18,23H,4-7,9-12H2,1H3,(H,24,27,29). The van der Waals surface area contributed by atoms with Gasteiger partial charge in [-0.1, -0.05) is 6.07 Å². The number of hydrogen-bond donors (Lipinski definition) is 2. The molecule has 1 aromatic heterocycles. The highest BCUT2D eigenvalue weighted by Crippen LogP contribution is 2.22. The number of aromatic nitrogens is 2. The van der Waals surface area contributed by atoms with Gasteiger partial charge in [-0.3, -0.25) is 19.1 Å². The number of nitrogens with zero attached hydrogens (tertiary/aromatic N) is 2. The molecule has 160 valence electrons. The highest BCUT2D eigenvalue weighted by Gasteiger charge is 2.27. The molecule has 0 spiro atoms. The summed E-state index contributed by atoms with van der Waals surface area (Å²) >= 11 is 0. The summed E-state index contributed by atoms with van der Waals surface area (Å²) in [5.41, 5.74) is 0.995. The first-order valence-electron chi connectivity index (χ1n) is 10.6. The molecule has 2 N–H and O–H groups in total. The third-order valence-corrected chi connectivity index (χ3v) is 5.94. The maximum Gasteiger partial charge on any atom is 0.332 e. The number of likely N-dealkylation sites (tertiary alicyclic amines) is 1. The number of rotatable bonds is 4. The predicted octanol–water partition coefficient (Wildman–Crippen LogP) is 1.21. The van der Waals surface area contributed by atoms with Crippen molar-refractivity contribution in [1.29, 1.82) is 0 Å². The van der Waals surface area contributed by atoms with Crippen LogP contribution in [0.5, 0.6) is 0 Å². The van der Waals surface area contributed by atoms with Crippen LogP contribution >= 0.6 is 0 Å². The van der Waals surface area contributed by atoms with Crippen LogP contribution in [-0.4, -0.2) is 58.7 Å². The number of aromatic amines is 1. The van der Waals surface area contributed by atoms with Crippen LogP contribution in [0, 0.1) is 6.92 Å². The van der Waals surface area contributed by atoms with E-state index in [1.165, 1.54) is 16.8 Å². The van der Waals surface area contributed by atoms with E-state index >= 15 is 0 Å². The fourth-order valence-corrected chi connectivity index (χ4v) is 4.19. The summed E-state index contributed by atoms with van der Waals surface area (Å²) in [5, 5.41) is 3.35. The van der Waals surface area contributed by atoms with Gasteiger partial charge in [0.25, 0.3) is 11.5 Å². The second-order valence-corrected chi connectivity index (χ2v) is 8.06. The third kappa shape index (κ3) is 4.55. The summed E-state index contributed by atoms with van der Waals surface area (Å²) in [4.78, 5) is 40.7. The van der Waals surface area contributed by atoms with Crippen molar-refractivity contribution in [3.63, 3.8) is 0 Å². The summed E-state index contributed by atoms with van der Waals surface area (Å²) in [7, 11) is 0. The number of carbonyl (C=O) groups is 1. The number of carbonyl (C=O) groups excluding carboxylic acids is 1. The van der Waals surface area contributed by atoms with E-state index in [9.17, 15) is 14.4 Å². The molecule has 2 aliphatic heterocycles. The molecular weight excluding hydrogens is 384 g/mol. The Labute approximate surface area is 174 Å². The van der Waals surface area contributed by atoms with Gasteiger partial charge in [-0.25, -0.2) is 4.79 Å². The van der Waals surface area contributed by atoms with Crippen molar-refractivity contribution in [3.8, 4) is 5.69 Å². The Bertz CT molecular complexity index is 1010. The van der Waals surface area contributed by atoms with Gasteiger partial charge in [-0.15, -0.1) is 0 Å². The van der Waals surface area contributed by atoms with E-state index < -0.39 is 11.2 Å². The van der Waals surface area contributed by atoms with Crippen LogP contribution in [0.25, 0.3) is 5.69 Å². The van der Waals surface area contributed by atoms with E-state index in [0.717, 1.165) is 44.3 Å². The number of benzene rings is 1. The van der Waals surface area contributed by atoms with Gasteiger partial charge in [0.15, 0.2) is 0 Å². The van der Waals surface area contributed by atoms with Crippen molar-refractivity contribution in [2.45, 2.75) is 44.8 Å². The fraction of sp³-hybridized carbons (Fsp3) is 0.500. The summed E-state index contributed by atoms with van der Waals surface area (Å²) in [5.74, 6) is -0.0472. The Morgan fingerprint density at radius 3 is 2.43 bits per heavy atom. The van der Waals surface area contributed by atoms with E-state index in [1.807, 2.05) is 17.9 Å². The second-order valence-electron chi connectivity index (χ2n) is 8.06. The van der Waals surface area contributed by atoms with Gasteiger partial charge < -0.3 is 15.0 Å². The Balaban J connectivity index is 1.44. The van der Waals surface area contributed by atoms with Crippen LogP contribution in [0.3, 0.4) is 0 Å². The van der Waals surface area contributed by atoms with Gasteiger partial charge in [0.05, 0.1) is 17.9 Å². The van der Waals surface area contributed by atoms with Crippen molar-refractivity contribution in [2.24, 2.45) is 0 Å². The Morgan fingerprint density at radius 1 is 1.03 bits per heavy atom. The third-order valence-electron chi connectivity index (χ3n) is 5.94. The average Bonchev–Trinajstić information content (AvgIpc) is 2.75. The van der Waals surface area contributed by atoms with Crippen LogP contribution in [0.4, 0.5) is 0 Å². The normalized spacial score (nSPS) is 18.5. The molecule has 3 heterocycles. The van der Waals surface area contributed by atoms with Crippen LogP contribution in [0.2, 0.25) is 0 Å². The predicted molar refractivity (Wildman–Crippen MR) is 113 cm³/mol. The number of piperidine rings is 2. The van der Waals surface area contributed by atoms with Gasteiger partial charge in [0, 0.05) is 30.9 Å². The lowest BCUT2D eigenvalue weighted by molar-refractivity contribution is -0.0499. The monoisotopic (exact) mass is 412 g/mol. The minimum absolute atomic E-state index is 0.0472. The van der Waals surface area contributed by atoms with E-state index in [-0.39, 0.29) is 12.0 Å². The molecule has 2 aliphatic rings. The molecule has 30 heavy (non-hydrogen) atoms. The quantitative estimate of drug-likeness (QED) is 0.787. The Morgan fingerprint density at radius 2 is 1.73 bits per heavy atom. The molecule has 0 unspecified atom stereocenters. The van der Waals surface area contributed by atoms with E-state index in [0.29, 0.717) is 30.4 Å². The summed E-state index contributed by atoms with van der Waals surface area (Å²) in [6, 6.07) is 6.63. The van der Waals surface area contributed by atoms with E-state index in [4.69, 9.17) is 4.74 Å². The molecule has 8 nitrogen and oxygen atoms in total. The minimum atomic E-state index is -0.522. The van der Waals surface area contributed by atoms with E-state index in [1.54, 1.807) is 12.1 Å². The molecular formula is C22H28N4O4. The lowest BCUT2D eigenvalue weighted by Crippen LogP contribution is -2.43. The number of hydrogen-bond acceptors (Lipinski definition) is 5. The zero-order valence-electron chi connectivity index (χ0n) is 17.2. The number of ether oxygens (including phenoxy) is 1. The van der Waals surface area contributed by atoms with Crippen LogP contribution in [0.15, 0.2) is 40.1 Å². The summed E-state index contributed by atoms with van der Waals surface area (Å²) in [6.45, 7) is 5.21. The molecule has 4 rings (SSSR count). The molecule has 2 fully saturated rings. The molecule has 8 heteroatoms. The van der Waals surface area contributed by atoms with Crippen molar-refractivity contribution in [1.82, 2.24) is 19.8 Å². The first kappa shape index (κ1) is 20.6. The van der Waals surface area contributed by atoms with Crippen LogP contribution in [0.1, 0.15) is 41.6 Å². The zero-order chi connectivity index (χ0) is 21.1. The minimum Gasteiger partial charge on any atom is -0.375 e. The SMILES string of the molecule is Cc1ccc(C(=O)N2CCC(OC3CCNCC3)CC2)cc1-n1ccc(=O)[nH]c1=O. The van der Waals surface area contributed by atoms with Crippen molar-refractivity contribution in [2.75, 3.05) is 26.2 Å². The molecule has 0 bridgehead atoms. The van der Waals surface area contributed by atoms with Gasteiger partial charge in [-0.05, 0) is 63.4 Å². The molecule has 0 aliphatic carbocycles. The summed E-state index contributed by atoms with van der Waals surface area (Å²) < 4.78 is 7.59. The lowest BCUT2D eigenvalue weighted by Gasteiger charge is -2.35. The van der Waals surface area contributed by atoms with Crippen molar-refractivity contribution < 1.29 is 9.53 Å². The zero-order valence-corrected chi connectivity index (χ0v) is 17.2. The van der Waals surface area contributed by atoms with Crippen LogP contribution in [-0.2, 0) is 4.74 Å². The number of aryl methyl sites for hydroxylation is 1. The Kier molecular flexibility index (Phi) is 6.15. The summed E-state index contributed by atoms with van der Waals surface area (Å²) in [6.07, 6.45) is 5.76. The number of nitrogens with one attached hydrogen (secondary N) is 2. The maximum absolute atomic E-state index is 13.1. The maximum atomic E-state index is 13.1. The lowest BCUT2D eigenvalue weighted by atomic mass is 10.0. The first-order valence-corrected chi connectivity index (χ1v) is 10.6. The van der Waals surface area contributed by atoms with Gasteiger partial charge in [0.1, 0.15) is 0 Å². The molecule has 2 aromatic rings. The number of H-pyrrole nitrogens is 1. The second kappa shape index (κ2) is 8.97. The molecule has 1 amide bonds. The van der Waals surface area contributed by atoms with Crippen molar-refractivity contribution >= 4 is 5.91 Å². The fourth-order valence-electron chi connectivity index (χ4n) is 4.19. The van der Waals surface area contributed by atoms with Crippen LogP contribution < -0.4 is 16.6 Å². The number of amides is 1. The largest absolute Gasteiger partial charge is 0.375 e. The molecule has 0 radical (unpaired) electrons. The first-order chi connectivity index (χ1) is 14.5. The van der Waals surface area contributed by atoms with E-state index in [2.05, 4.69) is 10.3 Å². The van der Waals surface area contributed by atoms with Gasteiger partial charge >= 0.3 is 5.69 Å². The smallest absolute Gasteiger partial charge is 0.332 e. The molecule has 1 aromatic carbocycles. The molecule has 2 saturated heterocycles. The van der Waals surface area contributed by atoms with Crippen molar-refractivity contribution in [3.05, 3.63) is 62.4 Å². The molecule has 0 saturated carbocycles. The highest BCUT2D eigenvalue weighted by molar-refractivity contribution is 5.95. The highest BCUT2D eigenvalue weighted by atomic mass is 16.5. The van der Waals surface area contributed by atoms with Gasteiger partial charge in [0.2, 0.25) is 0 Å². The average molecular weight is 412 g/mol. The van der Waals surface area contributed by atoms with Gasteiger partial charge in [-0.2, -0.15) is 0 Å². The topological polar surface area (TPSA) is 96.4 Å². The Hall–Kier alpha value is -2.71.